The first kappa shape index (κ1) is 16.1. The van der Waals surface area contributed by atoms with E-state index in [1.54, 1.807) is 13.2 Å². The lowest BCUT2D eigenvalue weighted by molar-refractivity contribution is 0.280. The molecule has 0 spiro atoms. The number of hydrogen-bond acceptors (Lipinski definition) is 4. The van der Waals surface area contributed by atoms with Gasteiger partial charge in [0.2, 0.25) is 0 Å². The molecule has 2 rings (SSSR count). The van der Waals surface area contributed by atoms with Gasteiger partial charge in [0.15, 0.2) is 11.5 Å². The molecule has 1 aliphatic rings. The molecule has 118 valence electrons. The third-order valence-corrected chi connectivity index (χ3v) is 4.28. The lowest BCUT2D eigenvalue weighted by atomic mass is 10.1. The average molecular weight is 292 g/mol. The maximum absolute atomic E-state index is 9.64. The van der Waals surface area contributed by atoms with E-state index in [0.717, 1.165) is 18.7 Å². The zero-order valence-electron chi connectivity index (χ0n) is 13.3. The summed E-state index contributed by atoms with van der Waals surface area (Å²) in [5.41, 5.74) is 1.14. The smallest absolute Gasteiger partial charge is 0.160 e. The number of likely N-dealkylation sites (tertiary alicyclic amines) is 1. The molecule has 1 aliphatic heterocycles. The Bertz CT molecular complexity index is 429. The molecule has 21 heavy (non-hydrogen) atoms. The lowest BCUT2D eigenvalue weighted by Crippen LogP contribution is -2.33. The molecular weight excluding hydrogens is 264 g/mol. The van der Waals surface area contributed by atoms with Gasteiger partial charge >= 0.3 is 0 Å². The molecule has 0 amide bonds. The van der Waals surface area contributed by atoms with Crippen molar-refractivity contribution >= 4 is 0 Å². The predicted octanol–water partition coefficient (Wildman–Crippen LogP) is 2.93. The van der Waals surface area contributed by atoms with E-state index in [1.807, 2.05) is 12.1 Å². The number of nitrogens with one attached hydrogen (secondary N) is 1. The third-order valence-electron chi connectivity index (χ3n) is 4.28. The number of ether oxygens (including phenoxy) is 1. The zero-order valence-corrected chi connectivity index (χ0v) is 13.3. The summed E-state index contributed by atoms with van der Waals surface area (Å²) >= 11 is 0. The number of phenolic OH excluding ortho intramolecular Hbond substituents is 1. The monoisotopic (exact) mass is 292 g/mol. The highest BCUT2D eigenvalue weighted by molar-refractivity contribution is 5.42. The molecule has 1 saturated heterocycles. The van der Waals surface area contributed by atoms with Crippen LogP contribution in [0.2, 0.25) is 0 Å². The molecule has 0 bridgehead atoms. The Kier molecular flexibility index (Phi) is 6.33. The van der Waals surface area contributed by atoms with Crippen LogP contribution in [0, 0.1) is 0 Å². The molecule has 0 aliphatic carbocycles. The molecule has 1 unspecified atom stereocenters. The SMILES string of the molecule is COc1cc(C(C)NCCN2CCCCCC2)ccc1O. The summed E-state index contributed by atoms with van der Waals surface area (Å²) in [5.74, 6) is 0.728. The predicted molar refractivity (Wildman–Crippen MR) is 86.0 cm³/mol. The summed E-state index contributed by atoms with van der Waals surface area (Å²) in [6.07, 6.45) is 5.44. The molecule has 0 saturated carbocycles. The average Bonchev–Trinajstić information content (AvgIpc) is 2.76. The third kappa shape index (κ3) is 4.90. The van der Waals surface area contributed by atoms with Crippen molar-refractivity contribution in [2.75, 3.05) is 33.3 Å². The summed E-state index contributed by atoms with van der Waals surface area (Å²) in [7, 11) is 1.58. The van der Waals surface area contributed by atoms with Crippen molar-refractivity contribution in [3.63, 3.8) is 0 Å². The molecule has 1 aromatic rings. The fraction of sp³-hybridized carbons (Fsp3) is 0.647. The van der Waals surface area contributed by atoms with Crippen molar-refractivity contribution in [1.82, 2.24) is 10.2 Å². The van der Waals surface area contributed by atoms with E-state index >= 15 is 0 Å². The second kappa shape index (κ2) is 8.25. The molecule has 1 fully saturated rings. The topological polar surface area (TPSA) is 44.7 Å². The highest BCUT2D eigenvalue weighted by Crippen LogP contribution is 2.28. The Hall–Kier alpha value is -1.26. The lowest BCUT2D eigenvalue weighted by Gasteiger charge is -2.22. The largest absolute Gasteiger partial charge is 0.504 e. The Balaban J connectivity index is 1.79. The van der Waals surface area contributed by atoms with Crippen LogP contribution in [0.1, 0.15) is 44.2 Å². The van der Waals surface area contributed by atoms with E-state index < -0.39 is 0 Å². The molecule has 2 N–H and O–H groups in total. The number of rotatable bonds is 6. The summed E-state index contributed by atoms with van der Waals surface area (Å²) in [6, 6.07) is 5.80. The quantitative estimate of drug-likeness (QED) is 0.846. The fourth-order valence-corrected chi connectivity index (χ4v) is 2.88. The van der Waals surface area contributed by atoms with Crippen LogP contribution < -0.4 is 10.1 Å². The fourth-order valence-electron chi connectivity index (χ4n) is 2.88. The van der Waals surface area contributed by atoms with Crippen LogP contribution in [0.3, 0.4) is 0 Å². The highest BCUT2D eigenvalue weighted by atomic mass is 16.5. The van der Waals surface area contributed by atoms with Gasteiger partial charge in [-0.2, -0.15) is 0 Å². The minimum Gasteiger partial charge on any atom is -0.504 e. The summed E-state index contributed by atoms with van der Waals surface area (Å²) in [4.78, 5) is 2.56. The highest BCUT2D eigenvalue weighted by Gasteiger charge is 2.11. The van der Waals surface area contributed by atoms with Crippen molar-refractivity contribution in [3.8, 4) is 11.5 Å². The first-order valence-electron chi connectivity index (χ1n) is 8.03. The van der Waals surface area contributed by atoms with Crippen molar-refractivity contribution < 1.29 is 9.84 Å². The van der Waals surface area contributed by atoms with E-state index in [-0.39, 0.29) is 11.8 Å². The molecule has 1 atom stereocenters. The number of aromatic hydroxyl groups is 1. The number of methoxy groups -OCH3 is 1. The van der Waals surface area contributed by atoms with Crippen LogP contribution in [-0.4, -0.2) is 43.3 Å². The van der Waals surface area contributed by atoms with Crippen LogP contribution >= 0.6 is 0 Å². The molecular formula is C17H28N2O2. The van der Waals surface area contributed by atoms with E-state index in [0.29, 0.717) is 5.75 Å². The van der Waals surface area contributed by atoms with Gasteiger partial charge in [-0.05, 0) is 50.6 Å². The van der Waals surface area contributed by atoms with Crippen LogP contribution in [0.5, 0.6) is 11.5 Å². The van der Waals surface area contributed by atoms with E-state index in [9.17, 15) is 5.11 Å². The van der Waals surface area contributed by atoms with Crippen LogP contribution in [0.25, 0.3) is 0 Å². The second-order valence-corrected chi connectivity index (χ2v) is 5.86. The molecule has 4 nitrogen and oxygen atoms in total. The second-order valence-electron chi connectivity index (χ2n) is 5.86. The molecule has 0 radical (unpaired) electrons. The van der Waals surface area contributed by atoms with Gasteiger partial charge in [-0.3, -0.25) is 0 Å². The van der Waals surface area contributed by atoms with Crippen molar-refractivity contribution in [2.45, 2.75) is 38.6 Å². The van der Waals surface area contributed by atoms with Gasteiger partial charge < -0.3 is 20.1 Å². The summed E-state index contributed by atoms with van der Waals surface area (Å²) in [6.45, 7) is 6.73. The van der Waals surface area contributed by atoms with E-state index in [2.05, 4.69) is 17.1 Å². The van der Waals surface area contributed by atoms with Gasteiger partial charge in [-0.25, -0.2) is 0 Å². The number of hydrogen-bond donors (Lipinski definition) is 2. The minimum atomic E-state index is 0.193. The maximum Gasteiger partial charge on any atom is 0.160 e. The van der Waals surface area contributed by atoms with Gasteiger partial charge in [0.1, 0.15) is 0 Å². The minimum absolute atomic E-state index is 0.193. The van der Waals surface area contributed by atoms with Gasteiger partial charge in [0.05, 0.1) is 7.11 Å². The van der Waals surface area contributed by atoms with Crippen LogP contribution in [0.15, 0.2) is 18.2 Å². The molecule has 4 heteroatoms. The van der Waals surface area contributed by atoms with Crippen molar-refractivity contribution in [3.05, 3.63) is 23.8 Å². The number of benzene rings is 1. The van der Waals surface area contributed by atoms with E-state index in [4.69, 9.17) is 4.74 Å². The number of phenols is 1. The first-order valence-corrected chi connectivity index (χ1v) is 8.03. The van der Waals surface area contributed by atoms with Crippen molar-refractivity contribution in [1.29, 1.82) is 0 Å². The van der Waals surface area contributed by atoms with Crippen LogP contribution in [0.4, 0.5) is 0 Å². The molecule has 1 heterocycles. The van der Waals surface area contributed by atoms with Gasteiger partial charge in [0.25, 0.3) is 0 Å². The normalized spacial score (nSPS) is 18.2. The molecule has 0 aromatic heterocycles. The van der Waals surface area contributed by atoms with Gasteiger partial charge in [-0.1, -0.05) is 18.9 Å². The Morgan fingerprint density at radius 1 is 1.24 bits per heavy atom. The van der Waals surface area contributed by atoms with Crippen LogP contribution in [-0.2, 0) is 0 Å². The van der Waals surface area contributed by atoms with E-state index in [1.165, 1.54) is 38.8 Å². The van der Waals surface area contributed by atoms with Crippen molar-refractivity contribution in [2.24, 2.45) is 0 Å². The molecule has 1 aromatic carbocycles. The Morgan fingerprint density at radius 2 is 1.95 bits per heavy atom. The maximum atomic E-state index is 9.64. The Morgan fingerprint density at radius 3 is 2.62 bits per heavy atom. The van der Waals surface area contributed by atoms with Gasteiger partial charge in [0, 0.05) is 19.1 Å². The standard InChI is InChI=1S/C17H28N2O2/c1-14(15-7-8-16(20)17(13-15)21-2)18-9-12-19-10-5-3-4-6-11-19/h7-8,13-14,18,20H,3-6,9-12H2,1-2H3. The summed E-state index contributed by atoms with van der Waals surface area (Å²) in [5, 5.41) is 13.2. The Labute approximate surface area is 128 Å². The number of nitrogens with zero attached hydrogens (tertiary/aromatic N) is 1. The zero-order chi connectivity index (χ0) is 15.1. The van der Waals surface area contributed by atoms with Gasteiger partial charge in [-0.15, -0.1) is 0 Å². The summed E-state index contributed by atoms with van der Waals surface area (Å²) < 4.78 is 5.16. The first-order chi connectivity index (χ1) is 10.2.